The quantitative estimate of drug-likeness (QED) is 0.830. The first kappa shape index (κ1) is 14.9. The highest BCUT2D eigenvalue weighted by Gasteiger charge is 2.50. The minimum Gasteiger partial charge on any atom is -0.426 e. The molecule has 2 unspecified atom stereocenters. The maximum Gasteiger partial charge on any atom is 0.465 e. The SMILES string of the molecule is CCCC1(B(O)O)C=CC(c2ccccc2)=C(F)C1F. The second-order valence-corrected chi connectivity index (χ2v) is 5.06. The molecule has 1 aromatic rings. The van der Waals surface area contributed by atoms with Crippen molar-refractivity contribution >= 4 is 12.7 Å². The van der Waals surface area contributed by atoms with Gasteiger partial charge in [-0.15, -0.1) is 0 Å². The Hall–Kier alpha value is -1.46. The van der Waals surface area contributed by atoms with E-state index in [9.17, 15) is 18.8 Å². The molecule has 1 aromatic carbocycles. The molecule has 5 heteroatoms. The van der Waals surface area contributed by atoms with E-state index in [2.05, 4.69) is 0 Å². The van der Waals surface area contributed by atoms with E-state index in [1.165, 1.54) is 12.2 Å². The molecule has 0 spiro atoms. The molecule has 1 aliphatic carbocycles. The van der Waals surface area contributed by atoms with Crippen molar-refractivity contribution in [1.29, 1.82) is 0 Å². The molecule has 2 N–H and O–H groups in total. The summed E-state index contributed by atoms with van der Waals surface area (Å²) in [6.45, 7) is 1.79. The molecule has 0 heterocycles. The van der Waals surface area contributed by atoms with Gasteiger partial charge in [-0.3, -0.25) is 0 Å². The van der Waals surface area contributed by atoms with Crippen LogP contribution in [0.3, 0.4) is 0 Å². The van der Waals surface area contributed by atoms with Crippen molar-refractivity contribution in [1.82, 2.24) is 0 Å². The van der Waals surface area contributed by atoms with Crippen LogP contribution in [0.5, 0.6) is 0 Å². The van der Waals surface area contributed by atoms with Crippen LogP contribution in [0.2, 0.25) is 5.31 Å². The van der Waals surface area contributed by atoms with Gasteiger partial charge in [0, 0.05) is 5.57 Å². The van der Waals surface area contributed by atoms with Crippen molar-refractivity contribution < 1.29 is 18.8 Å². The van der Waals surface area contributed by atoms with Crippen molar-refractivity contribution in [3.8, 4) is 0 Å². The molecular formula is C15H17BF2O2. The van der Waals surface area contributed by atoms with E-state index in [1.54, 1.807) is 37.3 Å². The number of alkyl halides is 1. The molecule has 1 aliphatic rings. The predicted octanol–water partition coefficient (Wildman–Crippen LogP) is 3.29. The largest absolute Gasteiger partial charge is 0.465 e. The summed E-state index contributed by atoms with van der Waals surface area (Å²) in [4.78, 5) is 0. The lowest BCUT2D eigenvalue weighted by molar-refractivity contribution is 0.219. The summed E-state index contributed by atoms with van der Waals surface area (Å²) in [6, 6.07) is 8.65. The second-order valence-electron chi connectivity index (χ2n) is 5.06. The zero-order valence-electron chi connectivity index (χ0n) is 11.3. The molecule has 20 heavy (non-hydrogen) atoms. The Morgan fingerprint density at radius 2 is 1.90 bits per heavy atom. The van der Waals surface area contributed by atoms with Crippen LogP contribution in [0.1, 0.15) is 25.3 Å². The van der Waals surface area contributed by atoms with Crippen LogP contribution in [0.25, 0.3) is 5.57 Å². The Morgan fingerprint density at radius 3 is 2.45 bits per heavy atom. The minimum atomic E-state index is -2.05. The van der Waals surface area contributed by atoms with Gasteiger partial charge in [-0.05, 0) is 12.0 Å². The molecule has 0 fully saturated rings. The minimum absolute atomic E-state index is 0.158. The van der Waals surface area contributed by atoms with Gasteiger partial charge in [-0.1, -0.05) is 55.8 Å². The predicted molar refractivity (Wildman–Crippen MR) is 76.3 cm³/mol. The Balaban J connectivity index is 2.43. The van der Waals surface area contributed by atoms with Crippen molar-refractivity contribution in [3.05, 3.63) is 53.9 Å². The molecule has 2 nitrogen and oxygen atoms in total. The molecule has 0 amide bonds. The van der Waals surface area contributed by atoms with Crippen LogP contribution in [0.4, 0.5) is 8.78 Å². The summed E-state index contributed by atoms with van der Waals surface area (Å²) < 4.78 is 28.8. The summed E-state index contributed by atoms with van der Waals surface area (Å²) in [7, 11) is -1.93. The molecule has 0 aromatic heterocycles. The van der Waals surface area contributed by atoms with Crippen molar-refractivity contribution in [2.75, 3.05) is 0 Å². The summed E-state index contributed by atoms with van der Waals surface area (Å²) in [5.74, 6) is -0.944. The van der Waals surface area contributed by atoms with Crippen LogP contribution in [-0.4, -0.2) is 23.3 Å². The number of rotatable bonds is 4. The average Bonchev–Trinajstić information content (AvgIpc) is 2.45. The topological polar surface area (TPSA) is 40.5 Å². The molecule has 0 saturated carbocycles. The fourth-order valence-electron chi connectivity index (χ4n) is 2.62. The maximum absolute atomic E-state index is 14.5. The number of hydrogen-bond donors (Lipinski definition) is 2. The third kappa shape index (κ3) is 2.43. The lowest BCUT2D eigenvalue weighted by Crippen LogP contribution is -2.41. The fraction of sp³-hybridized carbons (Fsp3) is 0.333. The summed E-state index contributed by atoms with van der Waals surface area (Å²) >= 11 is 0. The van der Waals surface area contributed by atoms with Gasteiger partial charge in [0.1, 0.15) is 5.83 Å². The van der Waals surface area contributed by atoms with Crippen molar-refractivity contribution in [2.45, 2.75) is 31.3 Å². The highest BCUT2D eigenvalue weighted by atomic mass is 19.2. The van der Waals surface area contributed by atoms with Crippen LogP contribution in [-0.2, 0) is 0 Å². The first-order valence-electron chi connectivity index (χ1n) is 6.67. The van der Waals surface area contributed by atoms with Gasteiger partial charge >= 0.3 is 7.12 Å². The Labute approximate surface area is 117 Å². The van der Waals surface area contributed by atoms with E-state index >= 15 is 0 Å². The van der Waals surface area contributed by atoms with Gasteiger partial charge < -0.3 is 10.0 Å². The van der Waals surface area contributed by atoms with Gasteiger partial charge in [0.05, 0.1) is 5.31 Å². The van der Waals surface area contributed by atoms with Gasteiger partial charge in [0.25, 0.3) is 0 Å². The first-order valence-corrected chi connectivity index (χ1v) is 6.67. The second kappa shape index (κ2) is 5.89. The smallest absolute Gasteiger partial charge is 0.426 e. The average molecular weight is 278 g/mol. The molecule has 0 saturated heterocycles. The summed E-state index contributed by atoms with van der Waals surface area (Å²) in [5.41, 5.74) is 0.729. The third-order valence-corrected chi connectivity index (χ3v) is 3.76. The Morgan fingerprint density at radius 1 is 1.25 bits per heavy atom. The van der Waals surface area contributed by atoms with E-state index < -0.39 is 24.4 Å². The standard InChI is InChI=1S/C15H17BF2O2/c1-2-9-15(16(19)20)10-8-12(13(17)14(15)18)11-6-4-3-5-7-11/h3-8,10,14,19-20H,2,9H2,1H3. The summed E-state index contributed by atoms with van der Waals surface area (Å²) in [6.07, 6.45) is 1.46. The first-order chi connectivity index (χ1) is 9.53. The van der Waals surface area contributed by atoms with E-state index in [-0.39, 0.29) is 12.0 Å². The van der Waals surface area contributed by atoms with Crippen LogP contribution < -0.4 is 0 Å². The Bertz CT molecular complexity index is 528. The lowest BCUT2D eigenvalue weighted by atomic mass is 9.51. The molecule has 0 bridgehead atoms. The Kier molecular flexibility index (Phi) is 4.40. The van der Waals surface area contributed by atoms with Crippen LogP contribution in [0, 0.1) is 0 Å². The zero-order chi connectivity index (χ0) is 14.8. The van der Waals surface area contributed by atoms with E-state index in [0.29, 0.717) is 12.0 Å². The summed E-state index contributed by atoms with van der Waals surface area (Å²) in [5, 5.41) is 17.4. The number of hydrogen-bond acceptors (Lipinski definition) is 2. The molecular weight excluding hydrogens is 261 g/mol. The normalized spacial score (nSPS) is 25.9. The van der Waals surface area contributed by atoms with Crippen molar-refractivity contribution in [2.24, 2.45) is 0 Å². The number of halogens is 2. The zero-order valence-corrected chi connectivity index (χ0v) is 11.3. The van der Waals surface area contributed by atoms with Gasteiger partial charge in [-0.2, -0.15) is 0 Å². The van der Waals surface area contributed by atoms with Crippen molar-refractivity contribution in [3.63, 3.8) is 0 Å². The highest BCUT2D eigenvalue weighted by molar-refractivity contribution is 6.47. The van der Waals surface area contributed by atoms with E-state index in [1.807, 2.05) is 0 Å². The van der Waals surface area contributed by atoms with E-state index in [4.69, 9.17) is 0 Å². The van der Waals surface area contributed by atoms with Gasteiger partial charge in [0.15, 0.2) is 6.17 Å². The lowest BCUT2D eigenvalue weighted by Gasteiger charge is -2.35. The number of benzene rings is 1. The highest BCUT2D eigenvalue weighted by Crippen LogP contribution is 2.49. The third-order valence-electron chi connectivity index (χ3n) is 3.76. The molecule has 0 radical (unpaired) electrons. The molecule has 0 aliphatic heterocycles. The maximum atomic E-state index is 14.5. The van der Waals surface area contributed by atoms with Gasteiger partial charge in [0.2, 0.25) is 0 Å². The molecule has 106 valence electrons. The monoisotopic (exact) mass is 278 g/mol. The molecule has 2 rings (SSSR count). The van der Waals surface area contributed by atoms with E-state index in [0.717, 1.165) is 0 Å². The number of allylic oxidation sites excluding steroid dienone is 4. The molecule has 2 atom stereocenters. The van der Waals surface area contributed by atoms with Crippen LogP contribution >= 0.6 is 0 Å². The fourth-order valence-corrected chi connectivity index (χ4v) is 2.62. The van der Waals surface area contributed by atoms with Gasteiger partial charge in [-0.25, -0.2) is 8.78 Å². The van der Waals surface area contributed by atoms with Crippen LogP contribution in [0.15, 0.2) is 48.3 Å².